The van der Waals surface area contributed by atoms with Crippen LogP contribution in [0.1, 0.15) is 32.9 Å². The van der Waals surface area contributed by atoms with E-state index in [0.717, 1.165) is 16.5 Å². The summed E-state index contributed by atoms with van der Waals surface area (Å²) in [6.07, 6.45) is 0. The Morgan fingerprint density at radius 1 is 0.744 bits per heavy atom. The van der Waals surface area contributed by atoms with Gasteiger partial charge in [0.25, 0.3) is 15.9 Å². The second kappa shape index (κ2) is 10.3. The summed E-state index contributed by atoms with van der Waals surface area (Å²) in [5.74, 6) is -0.315. The van der Waals surface area contributed by atoms with E-state index in [2.05, 4.69) is 33.0 Å². The first-order chi connectivity index (χ1) is 18.6. The van der Waals surface area contributed by atoms with Gasteiger partial charge in [-0.25, -0.2) is 28.1 Å². The van der Waals surface area contributed by atoms with Gasteiger partial charge in [0, 0.05) is 28.0 Å². The first-order valence-electron chi connectivity index (χ1n) is 12.3. The maximum Gasteiger partial charge on any atom is 0.264 e. The molecule has 0 aliphatic carbocycles. The molecular formula is C30H27N5O3S. The Morgan fingerprint density at radius 3 is 2.13 bits per heavy atom. The molecule has 0 radical (unpaired) electrons. The second-order valence-electron chi connectivity index (χ2n) is 9.43. The van der Waals surface area contributed by atoms with E-state index < -0.39 is 10.0 Å². The topological polar surface area (TPSA) is 114 Å². The smallest absolute Gasteiger partial charge is 0.264 e. The molecule has 0 bridgehead atoms. The monoisotopic (exact) mass is 537 g/mol. The Bertz CT molecular complexity index is 1810. The zero-order valence-electron chi connectivity index (χ0n) is 22.0. The lowest BCUT2D eigenvalue weighted by Gasteiger charge is -2.12. The van der Waals surface area contributed by atoms with E-state index in [0.29, 0.717) is 33.8 Å². The number of benzene rings is 3. The van der Waals surface area contributed by atoms with Gasteiger partial charge in [-0.2, -0.15) is 0 Å². The van der Waals surface area contributed by atoms with Crippen molar-refractivity contribution in [3.63, 3.8) is 0 Å². The largest absolute Gasteiger partial charge is 0.322 e. The highest BCUT2D eigenvalue weighted by Gasteiger charge is 2.18. The number of carbonyl (C=O) groups excluding carboxylic acids is 1. The summed E-state index contributed by atoms with van der Waals surface area (Å²) in [5, 5.41) is 3.61. The van der Waals surface area contributed by atoms with E-state index >= 15 is 0 Å². The molecule has 2 N–H and O–H groups in total. The van der Waals surface area contributed by atoms with Crippen LogP contribution in [0.4, 0.5) is 11.6 Å². The summed E-state index contributed by atoms with van der Waals surface area (Å²) in [6.45, 7) is 7.62. The lowest BCUT2D eigenvalue weighted by Crippen LogP contribution is -2.16. The normalized spacial score (nSPS) is 11.4. The predicted octanol–water partition coefficient (Wildman–Crippen LogP) is 5.98. The molecule has 8 nitrogen and oxygen atoms in total. The van der Waals surface area contributed by atoms with Crippen LogP contribution in [0.2, 0.25) is 0 Å². The van der Waals surface area contributed by atoms with E-state index in [1.165, 1.54) is 17.7 Å². The molecule has 0 atom stereocenters. The van der Waals surface area contributed by atoms with E-state index in [9.17, 15) is 13.2 Å². The number of carbonyl (C=O) groups is 1. The van der Waals surface area contributed by atoms with Gasteiger partial charge >= 0.3 is 0 Å². The second-order valence-corrected chi connectivity index (χ2v) is 11.1. The van der Waals surface area contributed by atoms with Crippen LogP contribution in [-0.4, -0.2) is 29.3 Å². The third-order valence-corrected chi connectivity index (χ3v) is 7.74. The number of pyridine rings is 1. The molecule has 2 heterocycles. The van der Waals surface area contributed by atoms with Gasteiger partial charge < -0.3 is 5.32 Å². The Labute approximate surface area is 227 Å². The number of amides is 1. The molecule has 1 amide bonds. The fourth-order valence-corrected chi connectivity index (χ4v) is 5.22. The SMILES string of the molecule is Cc1cc(C)nc(NS(=O)(=O)c2ccc(NC(=O)c3cc(-c4ccc(C)c(C)c4)nc4ccccc34)cc2)n1. The number of sulfonamides is 1. The predicted molar refractivity (Wildman–Crippen MR) is 153 cm³/mol. The van der Waals surface area contributed by atoms with Crippen molar-refractivity contribution in [1.29, 1.82) is 0 Å². The van der Waals surface area contributed by atoms with Crippen LogP contribution >= 0.6 is 0 Å². The van der Waals surface area contributed by atoms with Gasteiger partial charge in [0.15, 0.2) is 0 Å². The quantitative estimate of drug-likeness (QED) is 0.275. The number of para-hydroxylation sites is 1. The van der Waals surface area contributed by atoms with Gasteiger partial charge in [0.2, 0.25) is 5.95 Å². The standard InChI is InChI=1S/C30H27N5O3S/c1-18-9-10-22(15-19(18)2)28-17-26(25-7-5-6-8-27(25)34-28)29(36)33-23-11-13-24(14-12-23)39(37,38)35-30-31-20(3)16-21(4)32-30/h5-17H,1-4H3,(H,33,36)(H,31,32,35). The number of anilines is 2. The maximum absolute atomic E-state index is 13.4. The van der Waals surface area contributed by atoms with Crippen molar-refractivity contribution in [3.05, 3.63) is 107 Å². The van der Waals surface area contributed by atoms with Gasteiger partial charge in [0.1, 0.15) is 0 Å². The number of hydrogen-bond donors (Lipinski definition) is 2. The third kappa shape index (κ3) is 5.63. The molecule has 0 aliphatic rings. The molecule has 196 valence electrons. The molecule has 9 heteroatoms. The Morgan fingerprint density at radius 2 is 1.44 bits per heavy atom. The summed E-state index contributed by atoms with van der Waals surface area (Å²) in [5.41, 5.74) is 6.89. The Balaban J connectivity index is 1.42. The summed E-state index contributed by atoms with van der Waals surface area (Å²) in [6, 6.07) is 23.1. The first kappa shape index (κ1) is 26.0. The fourth-order valence-electron chi connectivity index (χ4n) is 4.28. The first-order valence-corrected chi connectivity index (χ1v) is 13.8. The Hall–Kier alpha value is -4.63. The number of fused-ring (bicyclic) bond motifs is 1. The summed E-state index contributed by atoms with van der Waals surface area (Å²) in [4.78, 5) is 26.5. The maximum atomic E-state index is 13.4. The van der Waals surface area contributed by atoms with Crippen LogP contribution in [-0.2, 0) is 10.0 Å². The minimum Gasteiger partial charge on any atom is -0.322 e. The van der Waals surface area contributed by atoms with Crippen molar-refractivity contribution in [1.82, 2.24) is 15.0 Å². The molecule has 0 fully saturated rings. The summed E-state index contributed by atoms with van der Waals surface area (Å²) < 4.78 is 28.1. The number of aryl methyl sites for hydroxylation is 4. The average molecular weight is 538 g/mol. The van der Waals surface area contributed by atoms with Crippen LogP contribution in [0.15, 0.2) is 83.8 Å². The molecular weight excluding hydrogens is 510 g/mol. The minimum atomic E-state index is -3.91. The van der Waals surface area contributed by atoms with Crippen molar-refractivity contribution < 1.29 is 13.2 Å². The van der Waals surface area contributed by atoms with Crippen LogP contribution in [0.25, 0.3) is 22.2 Å². The number of nitrogens with zero attached hydrogens (tertiary/aromatic N) is 3. The van der Waals surface area contributed by atoms with Gasteiger partial charge in [-0.05, 0) is 87.4 Å². The van der Waals surface area contributed by atoms with Gasteiger partial charge in [-0.3, -0.25) is 4.79 Å². The van der Waals surface area contributed by atoms with E-state index in [1.54, 1.807) is 38.1 Å². The number of hydrogen-bond acceptors (Lipinski definition) is 6. The van der Waals surface area contributed by atoms with Gasteiger partial charge in [-0.1, -0.05) is 30.3 Å². The highest BCUT2D eigenvalue weighted by molar-refractivity contribution is 7.92. The van der Waals surface area contributed by atoms with Crippen molar-refractivity contribution in [3.8, 4) is 11.3 Å². The molecule has 3 aromatic carbocycles. The van der Waals surface area contributed by atoms with E-state index in [-0.39, 0.29) is 16.8 Å². The molecule has 0 saturated heterocycles. The van der Waals surface area contributed by atoms with Crippen molar-refractivity contribution in [2.75, 3.05) is 10.0 Å². The molecule has 5 rings (SSSR count). The summed E-state index contributed by atoms with van der Waals surface area (Å²) >= 11 is 0. The Kier molecular flexibility index (Phi) is 6.84. The van der Waals surface area contributed by atoms with Crippen LogP contribution in [0.5, 0.6) is 0 Å². The zero-order valence-corrected chi connectivity index (χ0v) is 22.8. The molecule has 2 aromatic heterocycles. The third-order valence-electron chi connectivity index (χ3n) is 6.39. The van der Waals surface area contributed by atoms with Crippen molar-refractivity contribution in [2.24, 2.45) is 0 Å². The number of nitrogens with one attached hydrogen (secondary N) is 2. The van der Waals surface area contributed by atoms with Crippen LogP contribution in [0.3, 0.4) is 0 Å². The average Bonchev–Trinajstić information content (AvgIpc) is 2.89. The minimum absolute atomic E-state index is 0.00835. The fraction of sp³-hybridized carbons (Fsp3) is 0.133. The number of rotatable bonds is 6. The summed E-state index contributed by atoms with van der Waals surface area (Å²) in [7, 11) is -3.91. The zero-order chi connectivity index (χ0) is 27.7. The van der Waals surface area contributed by atoms with Crippen molar-refractivity contribution in [2.45, 2.75) is 32.6 Å². The van der Waals surface area contributed by atoms with Gasteiger partial charge in [0.05, 0.1) is 21.7 Å². The van der Waals surface area contributed by atoms with Gasteiger partial charge in [-0.15, -0.1) is 0 Å². The lowest BCUT2D eigenvalue weighted by atomic mass is 10.0. The highest BCUT2D eigenvalue weighted by Crippen LogP contribution is 2.27. The lowest BCUT2D eigenvalue weighted by molar-refractivity contribution is 0.102. The highest BCUT2D eigenvalue weighted by atomic mass is 32.2. The molecule has 0 unspecified atom stereocenters. The molecule has 39 heavy (non-hydrogen) atoms. The van der Waals surface area contributed by atoms with Crippen LogP contribution < -0.4 is 10.0 Å². The van der Waals surface area contributed by atoms with E-state index in [1.807, 2.05) is 43.3 Å². The molecule has 0 spiro atoms. The van der Waals surface area contributed by atoms with E-state index in [4.69, 9.17) is 4.98 Å². The number of aromatic nitrogens is 3. The van der Waals surface area contributed by atoms with Crippen LogP contribution in [0, 0.1) is 27.7 Å². The van der Waals surface area contributed by atoms with Crippen molar-refractivity contribution >= 4 is 38.5 Å². The molecule has 5 aromatic rings. The molecule has 0 aliphatic heterocycles. The molecule has 0 saturated carbocycles.